The van der Waals surface area contributed by atoms with Crippen molar-refractivity contribution < 1.29 is 0 Å². The molecule has 0 unspecified atom stereocenters. The van der Waals surface area contributed by atoms with Crippen molar-refractivity contribution in [3.8, 4) is 0 Å². The molecule has 0 radical (unpaired) electrons. The minimum Gasteiger partial charge on any atom is -0.307 e. The van der Waals surface area contributed by atoms with Crippen molar-refractivity contribution in [2.24, 2.45) is 0 Å². The summed E-state index contributed by atoms with van der Waals surface area (Å²) in [6.45, 7) is 3.07. The fourth-order valence-corrected chi connectivity index (χ4v) is 2.21. The molecular formula is C15H16BrN. The summed E-state index contributed by atoms with van der Waals surface area (Å²) in [5.41, 5.74) is 1.35. The van der Waals surface area contributed by atoms with E-state index in [1.807, 2.05) is 4.99 Å². The van der Waals surface area contributed by atoms with Gasteiger partial charge < -0.3 is 5.32 Å². The van der Waals surface area contributed by atoms with Gasteiger partial charge in [-0.05, 0) is 28.2 Å². The molecule has 2 aromatic rings. The third kappa shape index (κ3) is 2.96. The van der Waals surface area contributed by atoms with Gasteiger partial charge in [0.05, 0.1) is 0 Å². The predicted octanol–water partition coefficient (Wildman–Crippen LogP) is 4.40. The Hall–Kier alpha value is -1.12. The second-order valence-corrected chi connectivity index (χ2v) is 4.59. The second kappa shape index (κ2) is 5.99. The quantitative estimate of drug-likeness (QED) is 0.880. The van der Waals surface area contributed by atoms with Gasteiger partial charge >= 0.3 is 0 Å². The van der Waals surface area contributed by atoms with Crippen LogP contribution in [0.1, 0.15) is 18.5 Å². The van der Waals surface area contributed by atoms with Crippen LogP contribution in [-0.4, -0.2) is 6.54 Å². The first-order valence-electron chi connectivity index (χ1n) is 5.79. The summed E-state index contributed by atoms with van der Waals surface area (Å²) >= 11 is 3.27. The summed E-state index contributed by atoms with van der Waals surface area (Å²) in [6, 6.07) is 15.3. The van der Waals surface area contributed by atoms with Crippen molar-refractivity contribution in [2.45, 2.75) is 13.0 Å². The summed E-state index contributed by atoms with van der Waals surface area (Å²) in [7, 11) is 0. The molecule has 0 bridgehead atoms. The number of fused-ring (bicyclic) bond motifs is 1. The molecular weight excluding hydrogens is 274 g/mol. The zero-order valence-electron chi connectivity index (χ0n) is 9.86. The zero-order chi connectivity index (χ0) is 12.1. The molecule has 0 fully saturated rings. The van der Waals surface area contributed by atoms with Crippen LogP contribution in [0.4, 0.5) is 0 Å². The van der Waals surface area contributed by atoms with Gasteiger partial charge in [-0.3, -0.25) is 0 Å². The van der Waals surface area contributed by atoms with E-state index in [1.165, 1.54) is 16.3 Å². The third-order valence-electron chi connectivity index (χ3n) is 2.92. The fourth-order valence-electron chi connectivity index (χ4n) is 2.03. The van der Waals surface area contributed by atoms with Gasteiger partial charge in [0.25, 0.3) is 0 Å². The molecule has 2 rings (SSSR count). The highest BCUT2D eigenvalue weighted by atomic mass is 79.9. The Kier molecular flexibility index (Phi) is 4.35. The highest BCUT2D eigenvalue weighted by molar-refractivity contribution is 9.11. The maximum absolute atomic E-state index is 3.48. The SMILES string of the molecule is C[C@@H](NCC=CBr)c1cccc2ccccc12. The van der Waals surface area contributed by atoms with Gasteiger partial charge in [-0.15, -0.1) is 0 Å². The molecule has 0 aliphatic rings. The number of hydrogen-bond donors (Lipinski definition) is 1. The molecule has 1 atom stereocenters. The lowest BCUT2D eigenvalue weighted by Gasteiger charge is -2.15. The Bertz CT molecular complexity index is 514. The number of benzene rings is 2. The highest BCUT2D eigenvalue weighted by Gasteiger charge is 2.07. The van der Waals surface area contributed by atoms with Gasteiger partial charge in [-0.2, -0.15) is 0 Å². The van der Waals surface area contributed by atoms with Gasteiger partial charge in [0, 0.05) is 12.6 Å². The normalized spacial score (nSPS) is 13.3. The molecule has 0 amide bonds. The van der Waals surface area contributed by atoms with Crippen molar-refractivity contribution in [3.63, 3.8) is 0 Å². The monoisotopic (exact) mass is 289 g/mol. The van der Waals surface area contributed by atoms with Crippen LogP contribution in [0, 0.1) is 0 Å². The fraction of sp³-hybridized carbons (Fsp3) is 0.200. The molecule has 0 heterocycles. The lowest BCUT2D eigenvalue weighted by molar-refractivity contribution is 0.622. The topological polar surface area (TPSA) is 12.0 Å². The minimum atomic E-state index is 0.352. The Balaban J connectivity index is 2.28. The average molecular weight is 290 g/mol. The van der Waals surface area contributed by atoms with Crippen LogP contribution in [0.2, 0.25) is 0 Å². The van der Waals surface area contributed by atoms with Crippen LogP contribution >= 0.6 is 15.9 Å². The lowest BCUT2D eigenvalue weighted by atomic mass is 10.00. The van der Waals surface area contributed by atoms with E-state index in [9.17, 15) is 0 Å². The predicted molar refractivity (Wildman–Crippen MR) is 78.4 cm³/mol. The Morgan fingerprint density at radius 1 is 1.18 bits per heavy atom. The molecule has 0 spiro atoms. The maximum Gasteiger partial charge on any atom is 0.0300 e. The van der Waals surface area contributed by atoms with Crippen LogP contribution < -0.4 is 5.32 Å². The number of hydrogen-bond acceptors (Lipinski definition) is 1. The second-order valence-electron chi connectivity index (χ2n) is 4.06. The smallest absolute Gasteiger partial charge is 0.0300 e. The van der Waals surface area contributed by atoms with Gasteiger partial charge in [0.2, 0.25) is 0 Å². The Morgan fingerprint density at radius 2 is 1.94 bits per heavy atom. The summed E-state index contributed by atoms with van der Waals surface area (Å²) in [4.78, 5) is 1.88. The highest BCUT2D eigenvalue weighted by Crippen LogP contribution is 2.23. The number of nitrogens with one attached hydrogen (secondary N) is 1. The van der Waals surface area contributed by atoms with Crippen molar-refractivity contribution in [1.82, 2.24) is 5.32 Å². The average Bonchev–Trinajstić information content (AvgIpc) is 2.38. The molecule has 0 aliphatic carbocycles. The maximum atomic E-state index is 3.48. The standard InChI is InChI=1S/C15H16BrN/c1-12(17-11-5-10-16)14-9-4-7-13-6-2-3-8-15(13)14/h2-10,12,17H,11H2,1H3/t12-/m1/s1. The summed E-state index contributed by atoms with van der Waals surface area (Å²) in [6.07, 6.45) is 2.06. The van der Waals surface area contributed by atoms with E-state index in [1.54, 1.807) is 0 Å². The van der Waals surface area contributed by atoms with Crippen LogP contribution in [0.3, 0.4) is 0 Å². The van der Waals surface area contributed by atoms with Crippen LogP contribution in [-0.2, 0) is 0 Å². The summed E-state index contributed by atoms with van der Waals surface area (Å²) in [5.74, 6) is 0. The van der Waals surface area contributed by atoms with E-state index in [4.69, 9.17) is 0 Å². The molecule has 0 aromatic heterocycles. The summed E-state index contributed by atoms with van der Waals surface area (Å²) in [5, 5.41) is 6.11. The van der Waals surface area contributed by atoms with E-state index in [0.717, 1.165) is 6.54 Å². The van der Waals surface area contributed by atoms with Crippen LogP contribution in [0.15, 0.2) is 53.5 Å². The molecule has 0 aliphatic heterocycles. The first-order valence-corrected chi connectivity index (χ1v) is 6.71. The van der Waals surface area contributed by atoms with E-state index < -0.39 is 0 Å². The molecule has 1 nitrogen and oxygen atoms in total. The van der Waals surface area contributed by atoms with E-state index in [2.05, 4.69) is 76.7 Å². The molecule has 0 saturated heterocycles. The first kappa shape index (κ1) is 12.3. The van der Waals surface area contributed by atoms with Gasteiger partial charge in [-0.1, -0.05) is 64.5 Å². The first-order chi connectivity index (χ1) is 8.33. The summed E-state index contributed by atoms with van der Waals surface area (Å²) < 4.78 is 0. The van der Waals surface area contributed by atoms with Crippen molar-refractivity contribution in [2.75, 3.05) is 6.54 Å². The van der Waals surface area contributed by atoms with E-state index in [-0.39, 0.29) is 0 Å². The molecule has 88 valence electrons. The molecule has 17 heavy (non-hydrogen) atoms. The van der Waals surface area contributed by atoms with Gasteiger partial charge in [-0.25, -0.2) is 0 Å². The number of rotatable bonds is 4. The lowest BCUT2D eigenvalue weighted by Crippen LogP contribution is -2.18. The largest absolute Gasteiger partial charge is 0.307 e. The minimum absolute atomic E-state index is 0.352. The van der Waals surface area contributed by atoms with Crippen LogP contribution in [0.25, 0.3) is 10.8 Å². The van der Waals surface area contributed by atoms with Crippen LogP contribution in [0.5, 0.6) is 0 Å². The third-order valence-corrected chi connectivity index (χ3v) is 3.29. The Morgan fingerprint density at radius 3 is 2.76 bits per heavy atom. The van der Waals surface area contributed by atoms with E-state index in [0.29, 0.717) is 6.04 Å². The number of halogens is 1. The Labute approximate surface area is 111 Å². The van der Waals surface area contributed by atoms with Gasteiger partial charge in [0.15, 0.2) is 0 Å². The molecule has 1 N–H and O–H groups in total. The van der Waals surface area contributed by atoms with Gasteiger partial charge in [0.1, 0.15) is 0 Å². The van der Waals surface area contributed by atoms with Crippen molar-refractivity contribution in [3.05, 3.63) is 59.1 Å². The van der Waals surface area contributed by atoms with E-state index >= 15 is 0 Å². The molecule has 2 aromatic carbocycles. The zero-order valence-corrected chi connectivity index (χ0v) is 11.4. The van der Waals surface area contributed by atoms with Crippen molar-refractivity contribution in [1.29, 1.82) is 0 Å². The molecule has 2 heteroatoms. The molecule has 0 saturated carbocycles. The van der Waals surface area contributed by atoms with Crippen molar-refractivity contribution >= 4 is 26.7 Å².